The van der Waals surface area contributed by atoms with E-state index in [1.54, 1.807) is 13.0 Å². The molecule has 0 atom stereocenters. The van der Waals surface area contributed by atoms with Crippen LogP contribution >= 0.6 is 0 Å². The second-order valence-corrected chi connectivity index (χ2v) is 3.65. The van der Waals surface area contributed by atoms with Crippen molar-refractivity contribution in [3.8, 4) is 5.75 Å². The van der Waals surface area contributed by atoms with Crippen molar-refractivity contribution in [1.82, 2.24) is 0 Å². The third kappa shape index (κ3) is 3.22. The van der Waals surface area contributed by atoms with Crippen molar-refractivity contribution in [3.05, 3.63) is 29.1 Å². The number of hydrogen-bond donors (Lipinski definition) is 1. The molecule has 1 N–H and O–H groups in total. The molecule has 0 saturated carbocycles. The maximum absolute atomic E-state index is 13.4. The Morgan fingerprint density at radius 1 is 1.50 bits per heavy atom. The molecular weight excluding hydrogens is 211 g/mol. The summed E-state index contributed by atoms with van der Waals surface area (Å²) in [4.78, 5) is 10.3. The monoisotopic (exact) mass is 226 g/mol. The molecule has 0 amide bonds. The second-order valence-electron chi connectivity index (χ2n) is 3.65. The first-order chi connectivity index (χ1) is 7.54. The molecule has 0 heterocycles. The topological polar surface area (TPSA) is 46.5 Å². The van der Waals surface area contributed by atoms with Gasteiger partial charge < -0.3 is 9.84 Å². The average Bonchev–Trinajstić information content (AvgIpc) is 2.22. The molecule has 0 radical (unpaired) electrons. The zero-order valence-corrected chi connectivity index (χ0v) is 9.42. The van der Waals surface area contributed by atoms with Crippen LogP contribution in [0.1, 0.15) is 24.0 Å². The van der Waals surface area contributed by atoms with Gasteiger partial charge in [-0.1, -0.05) is 0 Å². The van der Waals surface area contributed by atoms with Crippen LogP contribution < -0.4 is 4.74 Å². The molecular formula is C12H15FO3. The first-order valence-electron chi connectivity index (χ1n) is 5.09. The van der Waals surface area contributed by atoms with Crippen LogP contribution in [0.5, 0.6) is 5.75 Å². The molecule has 0 aliphatic rings. The molecule has 16 heavy (non-hydrogen) atoms. The molecule has 4 heteroatoms. The number of carboxylic acid groups (broad SMARTS) is 1. The van der Waals surface area contributed by atoms with E-state index in [-0.39, 0.29) is 12.2 Å². The van der Waals surface area contributed by atoms with Crippen LogP contribution in [0.25, 0.3) is 0 Å². The molecule has 0 spiro atoms. The van der Waals surface area contributed by atoms with Gasteiger partial charge in [-0.3, -0.25) is 4.79 Å². The number of benzene rings is 1. The SMILES string of the molecule is COc1cc(CCCC(=O)O)cc(F)c1C. The molecule has 0 saturated heterocycles. The van der Waals surface area contributed by atoms with Crippen molar-refractivity contribution < 1.29 is 19.0 Å². The van der Waals surface area contributed by atoms with Crippen LogP contribution in [0, 0.1) is 12.7 Å². The van der Waals surface area contributed by atoms with Crippen LogP contribution in [-0.2, 0) is 11.2 Å². The van der Waals surface area contributed by atoms with E-state index >= 15 is 0 Å². The van der Waals surface area contributed by atoms with Gasteiger partial charge in [0.2, 0.25) is 0 Å². The number of ether oxygens (including phenoxy) is 1. The minimum absolute atomic E-state index is 0.0951. The second kappa shape index (κ2) is 5.49. The first-order valence-corrected chi connectivity index (χ1v) is 5.09. The maximum atomic E-state index is 13.4. The number of halogens is 1. The summed E-state index contributed by atoms with van der Waals surface area (Å²) in [5.41, 5.74) is 1.24. The van der Waals surface area contributed by atoms with Crippen molar-refractivity contribution in [2.45, 2.75) is 26.2 Å². The summed E-state index contributed by atoms with van der Waals surface area (Å²) in [6.45, 7) is 1.65. The highest BCUT2D eigenvalue weighted by atomic mass is 19.1. The number of hydrogen-bond acceptors (Lipinski definition) is 2. The third-order valence-electron chi connectivity index (χ3n) is 2.43. The number of carboxylic acids is 1. The fourth-order valence-electron chi connectivity index (χ4n) is 1.51. The zero-order valence-electron chi connectivity index (χ0n) is 9.42. The summed E-state index contributed by atoms with van der Waals surface area (Å²) >= 11 is 0. The predicted molar refractivity (Wildman–Crippen MR) is 58.3 cm³/mol. The Hall–Kier alpha value is -1.58. The van der Waals surface area contributed by atoms with E-state index in [1.165, 1.54) is 13.2 Å². The summed E-state index contributed by atoms with van der Waals surface area (Å²) in [5.74, 6) is -0.644. The van der Waals surface area contributed by atoms with Gasteiger partial charge in [0.15, 0.2) is 0 Å². The minimum atomic E-state index is -0.834. The lowest BCUT2D eigenvalue weighted by Gasteiger charge is -2.08. The molecule has 0 aromatic heterocycles. The van der Waals surface area contributed by atoms with Crippen LogP contribution in [0.3, 0.4) is 0 Å². The van der Waals surface area contributed by atoms with Gasteiger partial charge in [0.25, 0.3) is 0 Å². The quantitative estimate of drug-likeness (QED) is 0.839. The summed E-state index contributed by atoms with van der Waals surface area (Å²) < 4.78 is 18.5. The van der Waals surface area contributed by atoms with Crippen molar-refractivity contribution in [2.24, 2.45) is 0 Å². The van der Waals surface area contributed by atoms with Gasteiger partial charge in [-0.05, 0) is 37.5 Å². The zero-order chi connectivity index (χ0) is 12.1. The molecule has 0 aliphatic carbocycles. The molecule has 0 fully saturated rings. The van der Waals surface area contributed by atoms with Crippen LogP contribution in [0.15, 0.2) is 12.1 Å². The van der Waals surface area contributed by atoms with Crippen LogP contribution in [-0.4, -0.2) is 18.2 Å². The average molecular weight is 226 g/mol. The Labute approximate surface area is 93.9 Å². The number of aliphatic carboxylic acids is 1. The minimum Gasteiger partial charge on any atom is -0.496 e. The summed E-state index contributed by atoms with van der Waals surface area (Å²) in [6, 6.07) is 3.18. The standard InChI is InChI=1S/C12H15FO3/c1-8-10(13)6-9(7-11(8)16-2)4-3-5-12(14)15/h6-7H,3-5H2,1-2H3,(H,14,15). The van der Waals surface area contributed by atoms with Gasteiger partial charge in [0.1, 0.15) is 11.6 Å². The molecule has 1 aromatic rings. The summed E-state index contributed by atoms with van der Waals surface area (Å²) in [6.07, 6.45) is 1.14. The smallest absolute Gasteiger partial charge is 0.303 e. The summed E-state index contributed by atoms with van der Waals surface area (Å²) in [7, 11) is 1.49. The molecule has 1 aromatic carbocycles. The summed E-state index contributed by atoms with van der Waals surface area (Å²) in [5, 5.41) is 8.49. The van der Waals surface area contributed by atoms with E-state index in [0.717, 1.165) is 5.56 Å². The van der Waals surface area contributed by atoms with E-state index in [0.29, 0.717) is 24.2 Å². The van der Waals surface area contributed by atoms with E-state index in [1.807, 2.05) is 0 Å². The van der Waals surface area contributed by atoms with Crippen molar-refractivity contribution in [3.63, 3.8) is 0 Å². The number of rotatable bonds is 5. The Morgan fingerprint density at radius 2 is 2.19 bits per heavy atom. The van der Waals surface area contributed by atoms with Gasteiger partial charge in [-0.15, -0.1) is 0 Å². The van der Waals surface area contributed by atoms with E-state index < -0.39 is 5.97 Å². The highest BCUT2D eigenvalue weighted by molar-refractivity contribution is 5.66. The van der Waals surface area contributed by atoms with Crippen molar-refractivity contribution in [1.29, 1.82) is 0 Å². The third-order valence-corrected chi connectivity index (χ3v) is 2.43. The molecule has 88 valence electrons. The van der Waals surface area contributed by atoms with Gasteiger partial charge in [-0.2, -0.15) is 0 Å². The highest BCUT2D eigenvalue weighted by Gasteiger charge is 2.07. The van der Waals surface area contributed by atoms with E-state index in [9.17, 15) is 9.18 Å². The fraction of sp³-hybridized carbons (Fsp3) is 0.417. The van der Waals surface area contributed by atoms with Crippen molar-refractivity contribution >= 4 is 5.97 Å². The van der Waals surface area contributed by atoms with Gasteiger partial charge >= 0.3 is 5.97 Å². The Morgan fingerprint density at radius 3 is 2.75 bits per heavy atom. The molecule has 1 rings (SSSR count). The van der Waals surface area contributed by atoms with E-state index in [2.05, 4.69) is 0 Å². The van der Waals surface area contributed by atoms with Crippen LogP contribution in [0.2, 0.25) is 0 Å². The largest absolute Gasteiger partial charge is 0.496 e. The molecule has 0 bridgehead atoms. The highest BCUT2D eigenvalue weighted by Crippen LogP contribution is 2.23. The number of carbonyl (C=O) groups is 1. The Balaban J connectivity index is 2.74. The van der Waals surface area contributed by atoms with E-state index in [4.69, 9.17) is 9.84 Å². The lowest BCUT2D eigenvalue weighted by atomic mass is 10.1. The van der Waals surface area contributed by atoms with Crippen molar-refractivity contribution in [2.75, 3.05) is 7.11 Å². The molecule has 0 unspecified atom stereocenters. The predicted octanol–water partition coefficient (Wildman–Crippen LogP) is 2.55. The lowest BCUT2D eigenvalue weighted by molar-refractivity contribution is -0.137. The molecule has 0 aliphatic heterocycles. The Bertz CT molecular complexity index is 388. The van der Waals surface area contributed by atoms with Gasteiger partial charge in [-0.25, -0.2) is 4.39 Å². The normalized spacial score (nSPS) is 10.2. The maximum Gasteiger partial charge on any atom is 0.303 e. The number of aryl methyl sites for hydroxylation is 1. The first kappa shape index (κ1) is 12.5. The number of methoxy groups -OCH3 is 1. The van der Waals surface area contributed by atoms with Crippen LogP contribution in [0.4, 0.5) is 4.39 Å². The lowest BCUT2D eigenvalue weighted by Crippen LogP contribution is -1.98. The molecule has 3 nitrogen and oxygen atoms in total. The van der Waals surface area contributed by atoms with Gasteiger partial charge in [0, 0.05) is 12.0 Å². The fourth-order valence-corrected chi connectivity index (χ4v) is 1.51. The van der Waals surface area contributed by atoms with Gasteiger partial charge in [0.05, 0.1) is 7.11 Å². The Kier molecular flexibility index (Phi) is 4.28.